The van der Waals surface area contributed by atoms with Crippen LogP contribution in [-0.4, -0.2) is 90.3 Å². The number of carboxylic acids is 1. The van der Waals surface area contributed by atoms with Gasteiger partial charge in [-0.15, -0.1) is 0 Å². The highest BCUT2D eigenvalue weighted by Gasteiger charge is 2.36. The van der Waals surface area contributed by atoms with Gasteiger partial charge in [-0.1, -0.05) is 13.0 Å². The van der Waals surface area contributed by atoms with Crippen molar-refractivity contribution in [2.45, 2.75) is 49.3 Å². The molecule has 3 aromatic carbocycles. The molecule has 14 nitrogen and oxygen atoms in total. The number of methoxy groups -OCH3 is 2. The molecule has 1 heterocycles. The molecule has 0 spiro atoms. The molecule has 48 heavy (non-hydrogen) atoms. The summed E-state index contributed by atoms with van der Waals surface area (Å²) in [6.07, 6.45) is 1.57. The minimum Gasteiger partial charge on any atom is -0.506 e. The van der Waals surface area contributed by atoms with E-state index in [1.807, 2.05) is 0 Å². The van der Waals surface area contributed by atoms with Gasteiger partial charge >= 0.3 is 5.97 Å². The Bertz CT molecular complexity index is 1800. The average molecular weight is 707 g/mol. The highest BCUT2D eigenvalue weighted by atomic mass is 32.2. The Morgan fingerprint density at radius 2 is 1.62 bits per heavy atom. The van der Waals surface area contributed by atoms with Gasteiger partial charge in [0.2, 0.25) is 10.0 Å². The fourth-order valence-electron chi connectivity index (χ4n) is 5.61. The van der Waals surface area contributed by atoms with Crippen LogP contribution in [0, 0.1) is 0 Å². The maximum Gasteiger partial charge on any atom is 0.327 e. The minimum atomic E-state index is -4.33. The number of hydrogen-bond donors (Lipinski definition) is 5. The Hall–Kier alpha value is -4.25. The molecule has 0 radical (unpaired) electrons. The Balaban J connectivity index is 1.43. The lowest BCUT2D eigenvalue weighted by molar-refractivity contribution is -0.138. The lowest BCUT2D eigenvalue weighted by Crippen LogP contribution is -2.45. The van der Waals surface area contributed by atoms with Gasteiger partial charge in [0.15, 0.2) is 11.5 Å². The summed E-state index contributed by atoms with van der Waals surface area (Å²) in [7, 11) is -5.12. The smallest absolute Gasteiger partial charge is 0.327 e. The van der Waals surface area contributed by atoms with Crippen LogP contribution in [0.5, 0.6) is 17.2 Å². The monoisotopic (exact) mass is 706 g/mol. The van der Waals surface area contributed by atoms with Crippen molar-refractivity contribution >= 4 is 43.1 Å². The van der Waals surface area contributed by atoms with E-state index in [0.717, 1.165) is 29.1 Å². The van der Waals surface area contributed by atoms with E-state index in [4.69, 9.17) is 9.47 Å². The summed E-state index contributed by atoms with van der Waals surface area (Å²) in [5, 5.41) is 34.0. The Labute approximate surface area is 281 Å². The Morgan fingerprint density at radius 1 is 0.979 bits per heavy atom. The molecule has 262 valence electrons. The molecule has 1 unspecified atom stereocenters. The first-order chi connectivity index (χ1) is 22.7. The number of carboxylic acid groups (broad SMARTS) is 1. The zero-order valence-electron chi connectivity index (χ0n) is 27.2. The van der Waals surface area contributed by atoms with Gasteiger partial charge in [0.05, 0.1) is 42.8 Å². The number of aliphatic hydroxyl groups is 1. The standard InChI is InChI=1S/C32H42N4O10S2/c1-5-27(32(39)40)36(48(43,44)25-11-13-30(45-2)31(19-25)46-3)24-9-7-23(8-10-24)35-16-14-22(15-17-35)33-20-29(38)21-6-12-28(37)26(18-21)34-47(4,41)42/h6-13,18-19,22,27,29,33-34,37-38H,5,14-17,20H2,1-4H3,(H,39,40)/t27?,29-/m1/s1. The number of aromatic hydroxyl groups is 1. The van der Waals surface area contributed by atoms with Crippen LogP contribution < -0.4 is 28.7 Å². The van der Waals surface area contributed by atoms with Gasteiger partial charge < -0.3 is 35.0 Å². The molecule has 16 heteroatoms. The van der Waals surface area contributed by atoms with Gasteiger partial charge in [-0.05, 0) is 73.4 Å². The summed E-state index contributed by atoms with van der Waals surface area (Å²) in [5.41, 5.74) is 1.49. The van der Waals surface area contributed by atoms with Gasteiger partial charge in [0.25, 0.3) is 10.0 Å². The number of aliphatic hydroxyl groups excluding tert-OH is 1. The quantitative estimate of drug-likeness (QED) is 0.145. The van der Waals surface area contributed by atoms with Crippen molar-refractivity contribution < 1.29 is 46.4 Å². The molecule has 1 aliphatic heterocycles. The van der Waals surface area contributed by atoms with E-state index in [9.17, 15) is 36.9 Å². The molecule has 5 N–H and O–H groups in total. The van der Waals surface area contributed by atoms with Gasteiger partial charge in [-0.2, -0.15) is 0 Å². The number of nitrogens with zero attached hydrogens (tertiary/aromatic N) is 2. The third-order valence-electron chi connectivity index (χ3n) is 8.13. The van der Waals surface area contributed by atoms with E-state index in [1.54, 1.807) is 31.2 Å². The number of benzene rings is 3. The number of phenols is 1. The van der Waals surface area contributed by atoms with Crippen molar-refractivity contribution in [3.63, 3.8) is 0 Å². The normalized spacial score (nSPS) is 15.4. The average Bonchev–Trinajstić information content (AvgIpc) is 3.06. The number of phenolic OH excluding ortho intramolecular Hbond substituents is 1. The Morgan fingerprint density at radius 3 is 2.19 bits per heavy atom. The molecule has 4 rings (SSSR count). The molecule has 2 atom stereocenters. The van der Waals surface area contributed by atoms with Crippen molar-refractivity contribution in [1.82, 2.24) is 5.32 Å². The van der Waals surface area contributed by atoms with Crippen LogP contribution >= 0.6 is 0 Å². The van der Waals surface area contributed by atoms with E-state index in [-0.39, 0.29) is 46.8 Å². The third-order valence-corrected chi connectivity index (χ3v) is 10.6. The first-order valence-electron chi connectivity index (χ1n) is 15.2. The van der Waals surface area contributed by atoms with Gasteiger partial charge in [-0.25, -0.2) is 21.6 Å². The zero-order valence-corrected chi connectivity index (χ0v) is 28.8. The van der Waals surface area contributed by atoms with Crippen LogP contribution in [-0.2, 0) is 24.8 Å². The van der Waals surface area contributed by atoms with E-state index in [0.29, 0.717) is 24.4 Å². The first kappa shape index (κ1) is 36.6. The topological polar surface area (TPSA) is 195 Å². The van der Waals surface area contributed by atoms with E-state index < -0.39 is 38.2 Å². The summed E-state index contributed by atoms with van der Waals surface area (Å²) >= 11 is 0. The van der Waals surface area contributed by atoms with Crippen LogP contribution in [0.25, 0.3) is 0 Å². The predicted molar refractivity (Wildman–Crippen MR) is 182 cm³/mol. The largest absolute Gasteiger partial charge is 0.506 e. The van der Waals surface area contributed by atoms with Crippen molar-refractivity contribution in [2.24, 2.45) is 0 Å². The molecule has 0 saturated carbocycles. The molecule has 1 aliphatic rings. The van der Waals surface area contributed by atoms with Crippen LogP contribution in [0.3, 0.4) is 0 Å². The lowest BCUT2D eigenvalue weighted by atomic mass is 10.0. The van der Waals surface area contributed by atoms with E-state index in [2.05, 4.69) is 14.9 Å². The zero-order chi connectivity index (χ0) is 35.2. The number of ether oxygens (including phenoxy) is 2. The maximum absolute atomic E-state index is 13.9. The summed E-state index contributed by atoms with van der Waals surface area (Å²) < 4.78 is 64.6. The second-order valence-electron chi connectivity index (χ2n) is 11.4. The SMILES string of the molecule is CCC(C(=O)O)N(c1ccc(N2CCC(NC[C@@H](O)c3ccc(O)c(NS(C)(=O)=O)c3)CC2)cc1)S(=O)(=O)c1ccc(OC)c(OC)c1. The molecule has 3 aromatic rings. The number of piperidine rings is 1. The van der Waals surface area contributed by atoms with Gasteiger partial charge in [-0.3, -0.25) is 9.03 Å². The van der Waals surface area contributed by atoms with Crippen molar-refractivity contribution in [3.05, 3.63) is 66.2 Å². The summed E-state index contributed by atoms with van der Waals surface area (Å²) in [6, 6.07) is 13.9. The van der Waals surface area contributed by atoms with Crippen LogP contribution in [0.15, 0.2) is 65.6 Å². The molecule has 1 saturated heterocycles. The summed E-state index contributed by atoms with van der Waals surface area (Å²) in [5.74, 6) is -0.991. The van der Waals surface area contributed by atoms with E-state index in [1.165, 1.54) is 50.6 Å². The van der Waals surface area contributed by atoms with Crippen molar-refractivity contribution in [3.8, 4) is 17.2 Å². The predicted octanol–water partition coefficient (Wildman–Crippen LogP) is 3.13. The highest BCUT2D eigenvalue weighted by molar-refractivity contribution is 7.93. The van der Waals surface area contributed by atoms with Crippen molar-refractivity contribution in [1.29, 1.82) is 0 Å². The van der Waals surface area contributed by atoms with Crippen LogP contribution in [0.2, 0.25) is 0 Å². The van der Waals surface area contributed by atoms with Crippen LogP contribution in [0.1, 0.15) is 37.9 Å². The lowest BCUT2D eigenvalue weighted by Gasteiger charge is -2.35. The molecule has 0 bridgehead atoms. The molecule has 0 aliphatic carbocycles. The van der Waals surface area contributed by atoms with Gasteiger partial charge in [0.1, 0.15) is 11.8 Å². The Kier molecular flexibility index (Phi) is 11.7. The maximum atomic E-state index is 13.9. The summed E-state index contributed by atoms with van der Waals surface area (Å²) in [4.78, 5) is 14.2. The highest BCUT2D eigenvalue weighted by Crippen LogP contribution is 2.35. The fraction of sp³-hybridized carbons (Fsp3) is 0.406. The third kappa shape index (κ3) is 8.61. The second-order valence-corrected chi connectivity index (χ2v) is 15.0. The minimum absolute atomic E-state index is 0.0109. The number of sulfonamides is 2. The number of hydrogen-bond acceptors (Lipinski definition) is 11. The van der Waals surface area contributed by atoms with E-state index >= 15 is 0 Å². The van der Waals surface area contributed by atoms with Crippen molar-refractivity contribution in [2.75, 3.05) is 54.0 Å². The molecule has 0 amide bonds. The van der Waals surface area contributed by atoms with Gasteiger partial charge in [0, 0.05) is 37.4 Å². The van der Waals surface area contributed by atoms with Crippen LogP contribution in [0.4, 0.5) is 17.1 Å². The number of nitrogens with one attached hydrogen (secondary N) is 2. The number of aliphatic carboxylic acids is 1. The molecular weight excluding hydrogens is 665 g/mol. The molecule has 1 fully saturated rings. The number of rotatable bonds is 15. The summed E-state index contributed by atoms with van der Waals surface area (Å²) in [6.45, 7) is 3.18. The number of carbonyl (C=O) groups is 1. The molecule has 0 aromatic heterocycles. The second kappa shape index (κ2) is 15.3. The molecular formula is C32H42N4O10S2. The number of anilines is 3. The fourth-order valence-corrected chi connectivity index (χ4v) is 7.87. The first-order valence-corrected chi connectivity index (χ1v) is 18.6.